The first-order valence-electron chi connectivity index (χ1n) is 9.40. The van der Waals surface area contributed by atoms with Crippen LogP contribution in [0, 0.1) is 5.92 Å². The van der Waals surface area contributed by atoms with Gasteiger partial charge in [-0.15, -0.1) is 0 Å². The number of amides is 1. The summed E-state index contributed by atoms with van der Waals surface area (Å²) in [4.78, 5) is 26.0. The molecular formula is C19H27ClN2O6S. The highest BCUT2D eigenvalue weighted by atomic mass is 35.5. The maximum atomic E-state index is 13.1. The average molecular weight is 447 g/mol. The van der Waals surface area contributed by atoms with Gasteiger partial charge in [-0.25, -0.2) is 8.42 Å². The molecule has 162 valence electrons. The molecule has 1 aliphatic heterocycles. The van der Waals surface area contributed by atoms with Gasteiger partial charge >= 0.3 is 5.97 Å². The van der Waals surface area contributed by atoms with Gasteiger partial charge in [0.25, 0.3) is 5.91 Å². The summed E-state index contributed by atoms with van der Waals surface area (Å²) in [5.74, 6) is -0.614. The van der Waals surface area contributed by atoms with Crippen LogP contribution in [0.25, 0.3) is 0 Å². The fourth-order valence-corrected chi connectivity index (χ4v) is 4.90. The van der Waals surface area contributed by atoms with Crippen molar-refractivity contribution in [2.45, 2.75) is 25.2 Å². The second-order valence-corrected chi connectivity index (χ2v) is 9.45. The Labute approximate surface area is 176 Å². The van der Waals surface area contributed by atoms with Crippen LogP contribution in [-0.2, 0) is 24.3 Å². The Morgan fingerprint density at radius 1 is 1.28 bits per heavy atom. The summed E-state index contributed by atoms with van der Waals surface area (Å²) in [6.07, 6.45) is 0.0570. The summed E-state index contributed by atoms with van der Waals surface area (Å²) < 4.78 is 37.1. The Balaban J connectivity index is 2.31. The summed E-state index contributed by atoms with van der Waals surface area (Å²) in [5.41, 5.74) is 0.201. The molecule has 0 atom stereocenters. The Morgan fingerprint density at radius 3 is 2.52 bits per heavy atom. The molecule has 1 aliphatic rings. The van der Waals surface area contributed by atoms with Gasteiger partial charge in [-0.2, -0.15) is 4.31 Å². The maximum Gasteiger partial charge on any atom is 0.307 e. The van der Waals surface area contributed by atoms with Crippen LogP contribution in [0.4, 0.5) is 0 Å². The second-order valence-electron chi connectivity index (χ2n) is 7.13. The molecule has 0 aliphatic carbocycles. The average Bonchev–Trinajstić information content (AvgIpc) is 2.70. The zero-order chi connectivity index (χ0) is 21.6. The van der Waals surface area contributed by atoms with Crippen LogP contribution in [-0.4, -0.2) is 76.0 Å². The van der Waals surface area contributed by atoms with Gasteiger partial charge in [0.2, 0.25) is 10.0 Å². The molecule has 1 aromatic carbocycles. The van der Waals surface area contributed by atoms with Gasteiger partial charge in [-0.1, -0.05) is 25.4 Å². The number of benzene rings is 1. The first-order chi connectivity index (χ1) is 13.7. The molecule has 1 saturated heterocycles. The van der Waals surface area contributed by atoms with Crippen molar-refractivity contribution in [3.8, 4) is 0 Å². The quantitative estimate of drug-likeness (QED) is 0.567. The molecule has 0 unspecified atom stereocenters. The number of carbonyl (C=O) groups is 2. The topological polar surface area (TPSA) is 93.2 Å². The number of halogens is 1. The highest BCUT2D eigenvalue weighted by Crippen LogP contribution is 2.27. The lowest BCUT2D eigenvalue weighted by Gasteiger charge is -2.27. The van der Waals surface area contributed by atoms with Crippen molar-refractivity contribution >= 4 is 33.5 Å². The number of nitrogens with zero attached hydrogens (tertiary/aromatic N) is 2. The summed E-state index contributed by atoms with van der Waals surface area (Å²) in [6.45, 7) is 5.59. The Morgan fingerprint density at radius 2 is 1.93 bits per heavy atom. The summed E-state index contributed by atoms with van der Waals surface area (Å²) in [5, 5.41) is 0.0537. The number of hydrogen-bond donors (Lipinski definition) is 0. The molecule has 10 heteroatoms. The zero-order valence-corrected chi connectivity index (χ0v) is 18.5. The van der Waals surface area contributed by atoms with Crippen molar-refractivity contribution in [3.63, 3.8) is 0 Å². The van der Waals surface area contributed by atoms with Crippen molar-refractivity contribution in [2.75, 3.05) is 46.5 Å². The lowest BCUT2D eigenvalue weighted by molar-refractivity contribution is -0.140. The van der Waals surface area contributed by atoms with Crippen LogP contribution in [0.1, 0.15) is 30.6 Å². The highest BCUT2D eigenvalue weighted by Gasteiger charge is 2.30. The molecular weight excluding hydrogens is 420 g/mol. The van der Waals surface area contributed by atoms with Crippen molar-refractivity contribution < 1.29 is 27.5 Å². The molecule has 0 aromatic heterocycles. The van der Waals surface area contributed by atoms with Crippen LogP contribution in [0.15, 0.2) is 23.1 Å². The number of ether oxygens (including phenoxy) is 2. The molecule has 2 rings (SSSR count). The number of carbonyl (C=O) groups excluding carboxylic acids is 2. The van der Waals surface area contributed by atoms with E-state index in [0.717, 1.165) is 0 Å². The van der Waals surface area contributed by atoms with E-state index in [2.05, 4.69) is 4.74 Å². The van der Waals surface area contributed by atoms with Crippen LogP contribution >= 0.6 is 11.6 Å². The summed E-state index contributed by atoms with van der Waals surface area (Å²) >= 11 is 6.17. The van der Waals surface area contributed by atoms with E-state index in [0.29, 0.717) is 19.8 Å². The van der Waals surface area contributed by atoms with Crippen molar-refractivity contribution in [1.82, 2.24) is 9.21 Å². The Kier molecular flexibility index (Phi) is 8.45. The van der Waals surface area contributed by atoms with E-state index >= 15 is 0 Å². The van der Waals surface area contributed by atoms with Gasteiger partial charge in [-0.3, -0.25) is 9.59 Å². The molecule has 1 fully saturated rings. The highest BCUT2D eigenvalue weighted by molar-refractivity contribution is 7.89. The third kappa shape index (κ3) is 6.15. The first kappa shape index (κ1) is 23.6. The molecule has 0 radical (unpaired) electrons. The SMILES string of the molecule is COC(=O)CCN(CC(C)C)C(=O)c1ccc(Cl)c(S(=O)(=O)N2CCOCC2)c1. The largest absolute Gasteiger partial charge is 0.469 e. The lowest BCUT2D eigenvalue weighted by Crippen LogP contribution is -2.41. The predicted octanol–water partition coefficient (Wildman–Crippen LogP) is 2.02. The molecule has 0 spiro atoms. The van der Waals surface area contributed by atoms with Crippen molar-refractivity contribution in [3.05, 3.63) is 28.8 Å². The van der Waals surface area contributed by atoms with E-state index in [1.165, 1.54) is 34.5 Å². The van der Waals surface area contributed by atoms with Crippen LogP contribution < -0.4 is 0 Å². The predicted molar refractivity (Wildman–Crippen MR) is 108 cm³/mol. The minimum atomic E-state index is -3.85. The minimum Gasteiger partial charge on any atom is -0.469 e. The fourth-order valence-electron chi connectivity index (χ4n) is 2.99. The zero-order valence-electron chi connectivity index (χ0n) is 16.9. The number of hydrogen-bond acceptors (Lipinski definition) is 6. The van der Waals surface area contributed by atoms with E-state index < -0.39 is 16.0 Å². The molecule has 29 heavy (non-hydrogen) atoms. The normalized spacial score (nSPS) is 15.3. The number of sulfonamides is 1. The second kappa shape index (κ2) is 10.4. The summed E-state index contributed by atoms with van der Waals surface area (Å²) in [6, 6.07) is 4.21. The van der Waals surface area contributed by atoms with Gasteiger partial charge in [0.1, 0.15) is 4.90 Å². The molecule has 1 aromatic rings. The minimum absolute atomic E-state index is 0.0537. The molecule has 0 bridgehead atoms. The number of rotatable bonds is 8. The molecule has 8 nitrogen and oxygen atoms in total. The summed E-state index contributed by atoms with van der Waals surface area (Å²) in [7, 11) is -2.56. The number of morpholine rings is 1. The van der Waals surface area contributed by atoms with E-state index in [-0.39, 0.29) is 53.4 Å². The molecule has 0 saturated carbocycles. The van der Waals surface area contributed by atoms with Crippen molar-refractivity contribution in [1.29, 1.82) is 0 Å². The first-order valence-corrected chi connectivity index (χ1v) is 11.2. The van der Waals surface area contributed by atoms with E-state index in [4.69, 9.17) is 16.3 Å². The standard InChI is InChI=1S/C19H27ClN2O6S/c1-14(2)13-21(7-6-18(23)27-3)19(24)15-4-5-16(20)17(12-15)29(25,26)22-8-10-28-11-9-22/h4-5,12,14H,6-11,13H2,1-3H3. The van der Waals surface area contributed by atoms with Crippen LogP contribution in [0.5, 0.6) is 0 Å². The van der Waals surface area contributed by atoms with Crippen LogP contribution in [0.2, 0.25) is 5.02 Å². The molecule has 1 amide bonds. The van der Waals surface area contributed by atoms with Gasteiger partial charge in [0, 0.05) is 31.7 Å². The number of esters is 1. The third-order valence-corrected chi connectivity index (χ3v) is 6.83. The van der Waals surface area contributed by atoms with Gasteiger partial charge < -0.3 is 14.4 Å². The fraction of sp³-hybridized carbons (Fsp3) is 0.579. The number of methoxy groups -OCH3 is 1. The van der Waals surface area contributed by atoms with E-state index in [1.807, 2.05) is 13.8 Å². The maximum absolute atomic E-state index is 13.1. The van der Waals surface area contributed by atoms with Gasteiger partial charge in [-0.05, 0) is 24.1 Å². The van der Waals surface area contributed by atoms with Gasteiger partial charge in [0.15, 0.2) is 0 Å². The lowest BCUT2D eigenvalue weighted by atomic mass is 10.1. The molecule has 1 heterocycles. The third-order valence-electron chi connectivity index (χ3n) is 4.45. The van der Waals surface area contributed by atoms with E-state index in [1.54, 1.807) is 0 Å². The van der Waals surface area contributed by atoms with E-state index in [9.17, 15) is 18.0 Å². The monoisotopic (exact) mass is 446 g/mol. The smallest absolute Gasteiger partial charge is 0.307 e. The molecule has 0 N–H and O–H groups in total. The Bertz CT molecular complexity index is 837. The van der Waals surface area contributed by atoms with Crippen LogP contribution in [0.3, 0.4) is 0 Å². The van der Waals surface area contributed by atoms with Crippen molar-refractivity contribution in [2.24, 2.45) is 5.92 Å². The Hall–Kier alpha value is -1.68. The van der Waals surface area contributed by atoms with Gasteiger partial charge in [0.05, 0.1) is 31.8 Å².